The molecule has 1 aliphatic heterocycles. The first kappa shape index (κ1) is 23.1. The zero-order valence-electron chi connectivity index (χ0n) is 17.8. The van der Waals surface area contributed by atoms with Gasteiger partial charge in [-0.2, -0.15) is 13.2 Å². The third-order valence-corrected chi connectivity index (χ3v) is 5.16. The molecule has 1 unspecified atom stereocenters. The van der Waals surface area contributed by atoms with Crippen LogP contribution in [0.15, 0.2) is 64.4 Å². The van der Waals surface area contributed by atoms with Crippen molar-refractivity contribution in [1.29, 1.82) is 0 Å². The molecule has 0 fully saturated rings. The summed E-state index contributed by atoms with van der Waals surface area (Å²) in [5.74, 6) is -2.05. The van der Waals surface area contributed by atoms with Gasteiger partial charge >= 0.3 is 6.18 Å². The van der Waals surface area contributed by atoms with E-state index in [1.165, 1.54) is 32.4 Å². The summed E-state index contributed by atoms with van der Waals surface area (Å²) < 4.78 is 56.9. The maximum absolute atomic E-state index is 13.8. The number of allylic oxidation sites excluding steroid dienone is 1. The smallest absolute Gasteiger partial charge is 0.431 e. The molecule has 4 rings (SSSR count). The van der Waals surface area contributed by atoms with E-state index in [0.29, 0.717) is 17.1 Å². The molecule has 1 atom stereocenters. The Balaban J connectivity index is 1.89. The number of pyridine rings is 1. The molecular weight excluding hydrogens is 457 g/mol. The Morgan fingerprint density at radius 3 is 2.47 bits per heavy atom. The van der Waals surface area contributed by atoms with Gasteiger partial charge in [-0.3, -0.25) is 9.59 Å². The van der Waals surface area contributed by atoms with Crippen LogP contribution in [-0.4, -0.2) is 42.2 Å². The number of nitrogens with zero attached hydrogens (tertiary/aromatic N) is 1. The zero-order valence-corrected chi connectivity index (χ0v) is 17.8. The topological polar surface area (TPSA) is 111 Å². The molecule has 0 aliphatic carbocycles. The van der Waals surface area contributed by atoms with E-state index in [2.05, 4.69) is 4.98 Å². The Hall–Kier alpha value is -4.12. The van der Waals surface area contributed by atoms with Crippen molar-refractivity contribution in [3.05, 3.63) is 77.0 Å². The maximum Gasteiger partial charge on any atom is 0.431 e. The van der Waals surface area contributed by atoms with Crippen molar-refractivity contribution in [2.45, 2.75) is 12.3 Å². The Kier molecular flexibility index (Phi) is 5.88. The lowest BCUT2D eigenvalue weighted by atomic mass is 9.96. The van der Waals surface area contributed by atoms with E-state index >= 15 is 0 Å². The van der Waals surface area contributed by atoms with Crippen LogP contribution in [0, 0.1) is 0 Å². The molecule has 3 aromatic rings. The number of furan rings is 1. The van der Waals surface area contributed by atoms with Gasteiger partial charge < -0.3 is 24.3 Å². The SMILES string of the molecule is COc1ccc(-c2ccc3c(n2)C(O)C(C(=O)c2ccco2)=C(C(F)(F)F)NC3=O)cc1OC. The molecule has 3 heterocycles. The number of methoxy groups -OCH3 is 2. The molecule has 2 aromatic heterocycles. The van der Waals surface area contributed by atoms with E-state index in [1.807, 2.05) is 0 Å². The standard InChI is InChI=1S/C23H17F3N2O6/c1-32-14-8-5-11(10-16(14)33-2)13-7-6-12-18(27-13)20(30)17(19(29)15-4-3-9-34-15)21(23(24,25)26)28-22(12)31/h3-10,20,30H,1-2H3,(H,28,31). The Morgan fingerprint density at radius 1 is 1.12 bits per heavy atom. The van der Waals surface area contributed by atoms with Crippen LogP contribution in [0.1, 0.15) is 32.7 Å². The summed E-state index contributed by atoms with van der Waals surface area (Å²) in [7, 11) is 2.88. The number of amides is 1. The number of fused-ring (bicyclic) bond motifs is 1. The largest absolute Gasteiger partial charge is 0.493 e. The van der Waals surface area contributed by atoms with Gasteiger partial charge in [-0.05, 0) is 42.5 Å². The predicted octanol–water partition coefficient (Wildman–Crippen LogP) is 3.83. The van der Waals surface area contributed by atoms with Gasteiger partial charge in [0.05, 0.1) is 43.0 Å². The molecule has 1 aliphatic rings. The van der Waals surface area contributed by atoms with Crippen molar-refractivity contribution in [2.75, 3.05) is 14.2 Å². The third-order valence-electron chi connectivity index (χ3n) is 5.16. The summed E-state index contributed by atoms with van der Waals surface area (Å²) >= 11 is 0. The normalized spacial score (nSPS) is 15.9. The summed E-state index contributed by atoms with van der Waals surface area (Å²) in [5, 5.41) is 12.7. The van der Waals surface area contributed by atoms with Gasteiger partial charge in [0.15, 0.2) is 17.3 Å². The van der Waals surface area contributed by atoms with E-state index in [9.17, 15) is 27.9 Å². The highest BCUT2D eigenvalue weighted by Gasteiger charge is 2.45. The molecule has 34 heavy (non-hydrogen) atoms. The first-order chi connectivity index (χ1) is 16.2. The van der Waals surface area contributed by atoms with Crippen LogP contribution in [0.2, 0.25) is 0 Å². The van der Waals surface area contributed by atoms with Gasteiger partial charge in [0.1, 0.15) is 11.8 Å². The quantitative estimate of drug-likeness (QED) is 0.541. The van der Waals surface area contributed by atoms with Gasteiger partial charge in [0.25, 0.3) is 5.91 Å². The molecule has 0 saturated carbocycles. The molecule has 8 nitrogen and oxygen atoms in total. The highest BCUT2D eigenvalue weighted by molar-refractivity contribution is 6.10. The van der Waals surface area contributed by atoms with Crippen LogP contribution in [0.25, 0.3) is 11.3 Å². The second-order valence-electron chi connectivity index (χ2n) is 7.15. The number of benzene rings is 1. The number of carbonyl (C=O) groups excluding carboxylic acids is 2. The van der Waals surface area contributed by atoms with E-state index in [-0.39, 0.29) is 11.3 Å². The molecule has 2 N–H and O–H groups in total. The van der Waals surface area contributed by atoms with Crippen molar-refractivity contribution in [2.24, 2.45) is 0 Å². The van der Waals surface area contributed by atoms with Crippen LogP contribution in [0.4, 0.5) is 13.2 Å². The van der Waals surface area contributed by atoms with Crippen molar-refractivity contribution in [1.82, 2.24) is 10.3 Å². The fourth-order valence-corrected chi connectivity index (χ4v) is 3.56. The first-order valence-electron chi connectivity index (χ1n) is 9.78. The van der Waals surface area contributed by atoms with Crippen molar-refractivity contribution in [3.8, 4) is 22.8 Å². The number of halogens is 3. The molecule has 0 spiro atoms. The van der Waals surface area contributed by atoms with Gasteiger partial charge in [-0.15, -0.1) is 0 Å². The molecule has 0 saturated heterocycles. The number of ketones is 1. The first-order valence-corrected chi connectivity index (χ1v) is 9.78. The summed E-state index contributed by atoms with van der Waals surface area (Å²) in [6.07, 6.45) is -6.23. The van der Waals surface area contributed by atoms with E-state index in [0.717, 1.165) is 12.3 Å². The molecule has 0 radical (unpaired) electrons. The Bertz CT molecular complexity index is 1300. The number of carbonyl (C=O) groups is 2. The highest BCUT2D eigenvalue weighted by Crippen LogP contribution is 2.39. The predicted molar refractivity (Wildman–Crippen MR) is 111 cm³/mol. The number of hydrogen-bond acceptors (Lipinski definition) is 7. The number of Topliss-reactive ketones (excluding diaryl/α,β-unsaturated/α-hetero) is 1. The molecule has 1 amide bonds. The third kappa shape index (κ3) is 4.01. The minimum atomic E-state index is -5.15. The van der Waals surface area contributed by atoms with Crippen molar-refractivity contribution in [3.63, 3.8) is 0 Å². The minimum absolute atomic E-state index is 0.215. The number of nitrogens with one attached hydrogen (secondary N) is 1. The molecule has 176 valence electrons. The highest BCUT2D eigenvalue weighted by atomic mass is 19.4. The van der Waals surface area contributed by atoms with Crippen LogP contribution in [0.3, 0.4) is 0 Å². The summed E-state index contributed by atoms with van der Waals surface area (Å²) in [4.78, 5) is 29.8. The Labute approximate surface area is 190 Å². The lowest BCUT2D eigenvalue weighted by Crippen LogP contribution is -2.33. The fraction of sp³-hybridized carbons (Fsp3) is 0.174. The van der Waals surface area contributed by atoms with Gasteiger partial charge in [0, 0.05) is 5.56 Å². The second kappa shape index (κ2) is 8.67. The van der Waals surface area contributed by atoms with E-state index < -0.39 is 46.7 Å². The average molecular weight is 474 g/mol. The van der Waals surface area contributed by atoms with E-state index in [1.54, 1.807) is 23.5 Å². The Morgan fingerprint density at radius 2 is 1.85 bits per heavy atom. The fourth-order valence-electron chi connectivity index (χ4n) is 3.56. The van der Waals surface area contributed by atoms with Gasteiger partial charge in [-0.1, -0.05) is 0 Å². The monoisotopic (exact) mass is 474 g/mol. The summed E-state index contributed by atoms with van der Waals surface area (Å²) in [5.41, 5.74) is -2.84. The lowest BCUT2D eigenvalue weighted by Gasteiger charge is -2.18. The molecule has 1 aromatic carbocycles. The minimum Gasteiger partial charge on any atom is -0.493 e. The van der Waals surface area contributed by atoms with Crippen molar-refractivity contribution < 1.29 is 41.8 Å². The zero-order chi connectivity index (χ0) is 24.6. The lowest BCUT2D eigenvalue weighted by molar-refractivity contribution is -0.0973. The van der Waals surface area contributed by atoms with E-state index in [4.69, 9.17) is 13.9 Å². The number of aromatic nitrogens is 1. The number of aliphatic hydroxyl groups excluding tert-OH is 1. The van der Waals surface area contributed by atoms with Crippen LogP contribution >= 0.6 is 0 Å². The number of rotatable bonds is 5. The second-order valence-corrected chi connectivity index (χ2v) is 7.15. The summed E-state index contributed by atoms with van der Waals surface area (Å²) in [6.45, 7) is 0. The van der Waals surface area contributed by atoms with Crippen LogP contribution < -0.4 is 14.8 Å². The molecule has 11 heteroatoms. The number of alkyl halides is 3. The molecule has 0 bridgehead atoms. The van der Waals surface area contributed by atoms with Crippen molar-refractivity contribution >= 4 is 11.7 Å². The maximum atomic E-state index is 13.8. The summed E-state index contributed by atoms with van der Waals surface area (Å²) in [6, 6.07) is 9.87. The molecular formula is C23H17F3N2O6. The van der Waals surface area contributed by atoms with Crippen LogP contribution in [-0.2, 0) is 0 Å². The average Bonchev–Trinajstić information content (AvgIpc) is 3.33. The van der Waals surface area contributed by atoms with Gasteiger partial charge in [-0.25, -0.2) is 4.98 Å². The van der Waals surface area contributed by atoms with Gasteiger partial charge in [0.2, 0.25) is 5.78 Å². The number of hydrogen-bond donors (Lipinski definition) is 2. The number of ether oxygens (including phenoxy) is 2. The van der Waals surface area contributed by atoms with Crippen LogP contribution in [0.5, 0.6) is 11.5 Å². The number of aliphatic hydroxyl groups is 1.